The number of likely N-dealkylation sites (tertiary alicyclic amines) is 1. The molecule has 2 fully saturated rings. The monoisotopic (exact) mass is 408 g/mol. The highest BCUT2D eigenvalue weighted by atomic mass is 19.1. The second-order valence-electron chi connectivity index (χ2n) is 7.79. The van der Waals surface area contributed by atoms with Crippen LogP contribution in [0.3, 0.4) is 0 Å². The van der Waals surface area contributed by atoms with Gasteiger partial charge in [0.25, 0.3) is 5.91 Å². The Bertz CT molecular complexity index is 1100. The fourth-order valence-corrected chi connectivity index (χ4v) is 4.16. The van der Waals surface area contributed by atoms with E-state index in [4.69, 9.17) is 0 Å². The van der Waals surface area contributed by atoms with E-state index in [1.54, 1.807) is 25.4 Å². The molecule has 30 heavy (non-hydrogen) atoms. The maximum absolute atomic E-state index is 13.5. The third kappa shape index (κ3) is 3.08. The van der Waals surface area contributed by atoms with Crippen LogP contribution in [-0.2, 0) is 0 Å². The molecular weight excluding hydrogens is 387 g/mol. The van der Waals surface area contributed by atoms with E-state index in [0.717, 1.165) is 18.7 Å². The zero-order valence-corrected chi connectivity index (χ0v) is 16.7. The smallest absolute Gasteiger partial charge is 0.258 e. The van der Waals surface area contributed by atoms with Crippen LogP contribution in [0.4, 0.5) is 10.3 Å². The van der Waals surface area contributed by atoms with E-state index < -0.39 is 5.82 Å². The lowest BCUT2D eigenvalue weighted by molar-refractivity contribution is 0.00763. The van der Waals surface area contributed by atoms with Crippen molar-refractivity contribution in [1.29, 1.82) is 0 Å². The van der Waals surface area contributed by atoms with Gasteiger partial charge in [0.2, 0.25) is 5.95 Å². The molecule has 2 aliphatic rings. The first kappa shape index (κ1) is 18.6. The van der Waals surface area contributed by atoms with Crippen molar-refractivity contribution in [3.05, 3.63) is 53.5 Å². The molecule has 2 saturated heterocycles. The van der Waals surface area contributed by atoms with Gasteiger partial charge in [-0.15, -0.1) is 5.10 Å². The molecule has 0 bridgehead atoms. The fraction of sp³-hybridized carbons (Fsp3) is 0.400. The minimum atomic E-state index is -0.415. The average molecular weight is 408 g/mol. The second kappa shape index (κ2) is 7.12. The average Bonchev–Trinajstić information content (AvgIpc) is 3.25. The number of hydrogen-bond donors (Lipinski definition) is 0. The van der Waals surface area contributed by atoms with Crippen LogP contribution in [-0.4, -0.2) is 66.4 Å². The minimum absolute atomic E-state index is 0.0603. The molecule has 154 valence electrons. The van der Waals surface area contributed by atoms with Gasteiger partial charge in [-0.2, -0.15) is 0 Å². The van der Waals surface area contributed by atoms with Crippen LogP contribution in [0.5, 0.6) is 0 Å². The number of anilines is 1. The topological polar surface area (TPSA) is 92.9 Å². The van der Waals surface area contributed by atoms with Gasteiger partial charge < -0.3 is 9.80 Å². The van der Waals surface area contributed by atoms with Gasteiger partial charge in [0.1, 0.15) is 0 Å². The predicted octanol–water partition coefficient (Wildman–Crippen LogP) is 1.56. The van der Waals surface area contributed by atoms with E-state index >= 15 is 0 Å². The number of fused-ring (bicyclic) bond motifs is 1. The van der Waals surface area contributed by atoms with Gasteiger partial charge in [-0.25, -0.2) is 24.0 Å². The number of pyridine rings is 1. The van der Waals surface area contributed by atoms with Gasteiger partial charge in [0, 0.05) is 31.2 Å². The molecule has 3 aromatic heterocycles. The zero-order chi connectivity index (χ0) is 20.8. The third-order valence-electron chi connectivity index (χ3n) is 5.89. The minimum Gasteiger partial charge on any atom is -0.339 e. The summed E-state index contributed by atoms with van der Waals surface area (Å²) in [6.07, 6.45) is 5.38. The van der Waals surface area contributed by atoms with E-state index in [2.05, 4.69) is 25.3 Å². The standard InChI is InChI=1S/C20H21FN8O/c1-12-3-4-15(18(24-12)29-8-6-23-26-29)19(30)28-10-14-5-7-27(11-17(14)28)20-22-9-16(21)13(2)25-20/h3-4,6,8-9,14,17H,5,7,10-11H2,1-2H3. The van der Waals surface area contributed by atoms with Crippen LogP contribution in [0.25, 0.3) is 5.82 Å². The number of hydrogen-bond acceptors (Lipinski definition) is 7. The Kier molecular flexibility index (Phi) is 4.41. The fourth-order valence-electron chi connectivity index (χ4n) is 4.16. The molecule has 0 aliphatic carbocycles. The molecule has 2 unspecified atom stereocenters. The van der Waals surface area contributed by atoms with Gasteiger partial charge >= 0.3 is 0 Å². The Labute approximate surface area is 172 Å². The van der Waals surface area contributed by atoms with Gasteiger partial charge in [-0.1, -0.05) is 5.21 Å². The van der Waals surface area contributed by atoms with E-state index in [-0.39, 0.29) is 11.9 Å². The van der Waals surface area contributed by atoms with E-state index in [9.17, 15) is 9.18 Å². The summed E-state index contributed by atoms with van der Waals surface area (Å²) in [5, 5.41) is 7.83. The van der Waals surface area contributed by atoms with Crippen molar-refractivity contribution >= 4 is 11.9 Å². The van der Waals surface area contributed by atoms with Crippen LogP contribution in [0.2, 0.25) is 0 Å². The molecule has 0 saturated carbocycles. The van der Waals surface area contributed by atoms with Crippen molar-refractivity contribution in [3.63, 3.8) is 0 Å². The van der Waals surface area contributed by atoms with Gasteiger partial charge in [-0.05, 0) is 32.4 Å². The van der Waals surface area contributed by atoms with Crippen LogP contribution in [0.15, 0.2) is 30.7 Å². The molecule has 0 aromatic carbocycles. The molecular formula is C20H21FN8O. The SMILES string of the molecule is Cc1ccc(C(=O)N2CC3CCN(c4ncc(F)c(C)n4)CC32)c(-n2ccnn2)n1. The highest BCUT2D eigenvalue weighted by molar-refractivity contribution is 5.98. The van der Waals surface area contributed by atoms with E-state index in [1.165, 1.54) is 10.9 Å². The van der Waals surface area contributed by atoms with Crippen molar-refractivity contribution in [2.45, 2.75) is 26.3 Å². The Morgan fingerprint density at radius 2 is 2.07 bits per heavy atom. The lowest BCUT2D eigenvalue weighted by Gasteiger charge is -2.53. The normalized spacial score (nSPS) is 20.6. The van der Waals surface area contributed by atoms with Crippen molar-refractivity contribution in [2.24, 2.45) is 5.92 Å². The number of aromatic nitrogens is 6. The Balaban J connectivity index is 1.39. The first-order valence-corrected chi connectivity index (χ1v) is 9.90. The summed E-state index contributed by atoms with van der Waals surface area (Å²) < 4.78 is 15.1. The number of nitrogens with zero attached hydrogens (tertiary/aromatic N) is 8. The number of rotatable bonds is 3. The maximum Gasteiger partial charge on any atom is 0.258 e. The Morgan fingerprint density at radius 1 is 1.20 bits per heavy atom. The molecule has 5 heterocycles. The summed E-state index contributed by atoms with van der Waals surface area (Å²) >= 11 is 0. The number of halogens is 1. The summed E-state index contributed by atoms with van der Waals surface area (Å²) in [6, 6.07) is 3.68. The zero-order valence-electron chi connectivity index (χ0n) is 16.7. The number of carbonyl (C=O) groups is 1. The van der Waals surface area contributed by atoms with Crippen LogP contribution < -0.4 is 4.90 Å². The summed E-state index contributed by atoms with van der Waals surface area (Å²) in [5.41, 5.74) is 1.62. The predicted molar refractivity (Wildman–Crippen MR) is 106 cm³/mol. The highest BCUT2D eigenvalue weighted by Crippen LogP contribution is 2.35. The maximum atomic E-state index is 13.5. The van der Waals surface area contributed by atoms with Crippen molar-refractivity contribution in [1.82, 2.24) is 34.8 Å². The summed E-state index contributed by atoms with van der Waals surface area (Å²) in [5.74, 6) is 0.937. The van der Waals surface area contributed by atoms with Crippen LogP contribution >= 0.6 is 0 Å². The van der Waals surface area contributed by atoms with Gasteiger partial charge in [0.05, 0.1) is 35.9 Å². The van der Waals surface area contributed by atoms with Crippen molar-refractivity contribution in [2.75, 3.05) is 24.5 Å². The largest absolute Gasteiger partial charge is 0.339 e. The Morgan fingerprint density at radius 3 is 2.83 bits per heavy atom. The van der Waals surface area contributed by atoms with Crippen LogP contribution in [0, 0.1) is 25.6 Å². The number of aryl methyl sites for hydroxylation is 2. The first-order valence-electron chi connectivity index (χ1n) is 9.90. The highest BCUT2D eigenvalue weighted by Gasteiger charge is 2.46. The van der Waals surface area contributed by atoms with Gasteiger partial charge in [-0.3, -0.25) is 4.79 Å². The summed E-state index contributed by atoms with van der Waals surface area (Å²) in [6.45, 7) is 5.63. The van der Waals surface area contributed by atoms with E-state index in [0.29, 0.717) is 42.0 Å². The second-order valence-corrected chi connectivity index (χ2v) is 7.79. The molecule has 0 spiro atoms. The number of piperidine rings is 1. The summed E-state index contributed by atoms with van der Waals surface area (Å²) in [4.78, 5) is 30.2. The molecule has 0 N–H and O–H groups in total. The molecule has 5 rings (SSSR count). The molecule has 9 nitrogen and oxygen atoms in total. The van der Waals surface area contributed by atoms with Gasteiger partial charge in [0.15, 0.2) is 11.6 Å². The molecule has 1 amide bonds. The molecule has 2 atom stereocenters. The Hall–Kier alpha value is -3.43. The lowest BCUT2D eigenvalue weighted by Crippen LogP contribution is -2.66. The summed E-state index contributed by atoms with van der Waals surface area (Å²) in [7, 11) is 0. The molecule has 3 aromatic rings. The van der Waals surface area contributed by atoms with Crippen LogP contribution in [0.1, 0.15) is 28.2 Å². The first-order chi connectivity index (χ1) is 14.5. The van der Waals surface area contributed by atoms with E-state index in [1.807, 2.05) is 22.8 Å². The number of carbonyl (C=O) groups excluding carboxylic acids is 1. The lowest BCUT2D eigenvalue weighted by atomic mass is 9.82. The molecule has 10 heteroatoms. The molecule has 0 radical (unpaired) electrons. The van der Waals surface area contributed by atoms with Crippen molar-refractivity contribution in [3.8, 4) is 5.82 Å². The molecule has 2 aliphatic heterocycles. The third-order valence-corrected chi connectivity index (χ3v) is 5.89. The number of amides is 1. The van der Waals surface area contributed by atoms with Crippen molar-refractivity contribution < 1.29 is 9.18 Å². The quantitative estimate of drug-likeness (QED) is 0.649.